The quantitative estimate of drug-likeness (QED) is 0.461. The number of ether oxygens (including phenoxy) is 1. The van der Waals surface area contributed by atoms with Gasteiger partial charge in [-0.2, -0.15) is 0 Å². The van der Waals surface area contributed by atoms with Crippen LogP contribution in [0.25, 0.3) is 0 Å². The van der Waals surface area contributed by atoms with Gasteiger partial charge < -0.3 is 4.74 Å². The Hall–Kier alpha value is -0.990. The second-order valence-corrected chi connectivity index (χ2v) is 3.74. The van der Waals surface area contributed by atoms with Crippen LogP contribution in [0.5, 0.6) is 5.75 Å². The molecule has 0 amide bonds. The Bertz CT molecular complexity index is 367. The Morgan fingerprint density at radius 1 is 1.27 bits per heavy atom. The molecule has 0 heterocycles. The number of benzene rings is 1. The largest absolute Gasteiger partial charge is 0.423 e. The highest BCUT2D eigenvalue weighted by molar-refractivity contribution is 6.57. The van der Waals surface area contributed by atoms with Crippen molar-refractivity contribution in [1.29, 1.82) is 0 Å². The van der Waals surface area contributed by atoms with E-state index in [0.717, 1.165) is 0 Å². The Morgan fingerprint density at radius 3 is 2.33 bits per heavy atom. The van der Waals surface area contributed by atoms with Crippen molar-refractivity contribution in [3.05, 3.63) is 40.4 Å². The highest BCUT2D eigenvalue weighted by atomic mass is 35.5. The van der Waals surface area contributed by atoms with Gasteiger partial charge in [-0.3, -0.25) is 0 Å². The van der Waals surface area contributed by atoms with Crippen LogP contribution in [0.3, 0.4) is 0 Å². The predicted octanol–water partition coefficient (Wildman–Crippen LogP) is 3.69. The zero-order valence-electron chi connectivity index (χ0n) is 8.17. The Kier molecular flexibility index (Phi) is 4.66. The molecule has 0 N–H and O–H groups in total. The second-order valence-electron chi connectivity index (χ2n) is 2.80. The van der Waals surface area contributed by atoms with Crippen LogP contribution in [-0.4, -0.2) is 5.97 Å². The normalized spacial score (nSPS) is 9.53. The average Bonchev–Trinajstić information content (AvgIpc) is 2.19. The summed E-state index contributed by atoms with van der Waals surface area (Å²) in [6.45, 7) is 1.78. The number of rotatable bonds is 3. The smallest absolute Gasteiger partial charge is 0.341 e. The number of esters is 1. The minimum Gasteiger partial charge on any atom is -0.423 e. The standard InChI is InChI=1S/C11H10Cl2O2/c1-2-9(10(12)13)11(14)15-8-6-4-3-5-7-8/h3-7H,2H2,1H3. The molecule has 0 fully saturated rings. The van der Waals surface area contributed by atoms with Gasteiger partial charge in [0.2, 0.25) is 0 Å². The number of carbonyl (C=O) groups excluding carboxylic acids is 1. The van der Waals surface area contributed by atoms with Crippen LogP contribution in [0.4, 0.5) is 0 Å². The zero-order valence-corrected chi connectivity index (χ0v) is 9.68. The molecular weight excluding hydrogens is 235 g/mol. The number of hydrogen-bond acceptors (Lipinski definition) is 2. The third kappa shape index (κ3) is 3.57. The first-order valence-corrected chi connectivity index (χ1v) is 5.22. The summed E-state index contributed by atoms with van der Waals surface area (Å²) in [5.74, 6) is -0.0354. The lowest BCUT2D eigenvalue weighted by Crippen LogP contribution is -2.11. The monoisotopic (exact) mass is 244 g/mol. The summed E-state index contributed by atoms with van der Waals surface area (Å²) in [7, 11) is 0. The van der Waals surface area contributed by atoms with Crippen molar-refractivity contribution in [3.8, 4) is 5.75 Å². The van der Waals surface area contributed by atoms with Crippen LogP contribution >= 0.6 is 23.2 Å². The molecule has 80 valence electrons. The molecular formula is C11H10Cl2O2. The molecule has 1 rings (SSSR count). The molecule has 0 aliphatic rings. The van der Waals surface area contributed by atoms with Gasteiger partial charge in [0.05, 0.1) is 5.57 Å². The van der Waals surface area contributed by atoms with E-state index in [1.54, 1.807) is 31.2 Å². The van der Waals surface area contributed by atoms with Crippen LogP contribution in [0.15, 0.2) is 40.4 Å². The Balaban J connectivity index is 2.76. The van der Waals surface area contributed by atoms with E-state index in [2.05, 4.69) is 0 Å². The van der Waals surface area contributed by atoms with E-state index in [0.29, 0.717) is 12.2 Å². The molecule has 0 spiro atoms. The molecule has 0 aliphatic carbocycles. The summed E-state index contributed by atoms with van der Waals surface area (Å²) >= 11 is 11.1. The Labute approximate surface area is 98.4 Å². The van der Waals surface area contributed by atoms with Gasteiger partial charge in [-0.25, -0.2) is 4.79 Å². The van der Waals surface area contributed by atoms with E-state index < -0.39 is 5.97 Å². The van der Waals surface area contributed by atoms with Crippen molar-refractivity contribution in [2.75, 3.05) is 0 Å². The molecule has 0 aromatic heterocycles. The summed E-state index contributed by atoms with van der Waals surface area (Å²) in [5, 5.41) is 0. The molecule has 1 aromatic rings. The van der Waals surface area contributed by atoms with Crippen molar-refractivity contribution in [2.24, 2.45) is 0 Å². The molecule has 0 unspecified atom stereocenters. The predicted molar refractivity (Wildman–Crippen MR) is 61.1 cm³/mol. The van der Waals surface area contributed by atoms with E-state index in [9.17, 15) is 4.79 Å². The van der Waals surface area contributed by atoms with E-state index in [4.69, 9.17) is 27.9 Å². The van der Waals surface area contributed by atoms with Crippen molar-refractivity contribution in [3.63, 3.8) is 0 Å². The molecule has 2 nitrogen and oxygen atoms in total. The molecule has 4 heteroatoms. The van der Waals surface area contributed by atoms with Crippen molar-refractivity contribution in [2.45, 2.75) is 13.3 Å². The molecule has 0 saturated carbocycles. The number of carbonyl (C=O) groups is 1. The first-order valence-electron chi connectivity index (χ1n) is 4.46. The van der Waals surface area contributed by atoms with Gasteiger partial charge in [-0.15, -0.1) is 0 Å². The SMILES string of the molecule is CCC(C(=O)Oc1ccccc1)=C(Cl)Cl. The van der Waals surface area contributed by atoms with E-state index in [1.807, 2.05) is 6.07 Å². The highest BCUT2D eigenvalue weighted by Gasteiger charge is 2.13. The second kappa shape index (κ2) is 5.79. The third-order valence-corrected chi connectivity index (χ3v) is 2.24. The zero-order chi connectivity index (χ0) is 11.3. The fourth-order valence-corrected chi connectivity index (χ4v) is 1.43. The first-order chi connectivity index (χ1) is 7.15. The number of hydrogen-bond donors (Lipinski definition) is 0. The summed E-state index contributed by atoms with van der Waals surface area (Å²) in [4.78, 5) is 11.5. The van der Waals surface area contributed by atoms with Crippen LogP contribution in [0.2, 0.25) is 0 Å². The third-order valence-electron chi connectivity index (χ3n) is 1.78. The van der Waals surface area contributed by atoms with Gasteiger partial charge in [0.15, 0.2) is 0 Å². The molecule has 1 aromatic carbocycles. The van der Waals surface area contributed by atoms with Crippen LogP contribution in [-0.2, 0) is 4.79 Å². The molecule has 0 saturated heterocycles. The fourth-order valence-electron chi connectivity index (χ4n) is 1.01. The lowest BCUT2D eigenvalue weighted by Gasteiger charge is -2.05. The topological polar surface area (TPSA) is 26.3 Å². The number of halogens is 2. The molecule has 15 heavy (non-hydrogen) atoms. The Morgan fingerprint density at radius 2 is 1.87 bits per heavy atom. The van der Waals surface area contributed by atoms with Crippen LogP contribution in [0, 0.1) is 0 Å². The summed E-state index contributed by atoms with van der Waals surface area (Å²) in [5.41, 5.74) is 0.280. The molecule has 0 bridgehead atoms. The van der Waals surface area contributed by atoms with Crippen LogP contribution in [0.1, 0.15) is 13.3 Å². The maximum Gasteiger partial charge on any atom is 0.341 e. The van der Waals surface area contributed by atoms with Gasteiger partial charge in [-0.1, -0.05) is 48.3 Å². The van der Waals surface area contributed by atoms with Gasteiger partial charge >= 0.3 is 5.97 Å². The molecule has 0 atom stereocenters. The molecule has 0 aliphatic heterocycles. The van der Waals surface area contributed by atoms with Crippen LogP contribution < -0.4 is 4.74 Å². The van der Waals surface area contributed by atoms with Gasteiger partial charge in [0.1, 0.15) is 10.2 Å². The van der Waals surface area contributed by atoms with Crippen molar-refractivity contribution >= 4 is 29.2 Å². The minimum absolute atomic E-state index is 0.0431. The van der Waals surface area contributed by atoms with Gasteiger partial charge in [-0.05, 0) is 18.6 Å². The average molecular weight is 245 g/mol. The lowest BCUT2D eigenvalue weighted by atomic mass is 10.2. The van der Waals surface area contributed by atoms with Gasteiger partial charge in [0.25, 0.3) is 0 Å². The molecule has 0 radical (unpaired) electrons. The summed E-state index contributed by atoms with van der Waals surface area (Å²) < 4.78 is 5.02. The van der Waals surface area contributed by atoms with Crippen molar-refractivity contribution in [1.82, 2.24) is 0 Å². The summed E-state index contributed by atoms with van der Waals surface area (Å²) in [6.07, 6.45) is 0.438. The lowest BCUT2D eigenvalue weighted by molar-refractivity contribution is -0.130. The number of para-hydroxylation sites is 1. The minimum atomic E-state index is -0.510. The maximum absolute atomic E-state index is 11.5. The van der Waals surface area contributed by atoms with Gasteiger partial charge in [0, 0.05) is 0 Å². The van der Waals surface area contributed by atoms with Crippen molar-refractivity contribution < 1.29 is 9.53 Å². The van der Waals surface area contributed by atoms with E-state index in [-0.39, 0.29) is 10.1 Å². The first kappa shape index (κ1) is 12.1. The maximum atomic E-state index is 11.5. The fraction of sp³-hybridized carbons (Fsp3) is 0.182. The summed E-state index contributed by atoms with van der Waals surface area (Å²) in [6, 6.07) is 8.77. The van der Waals surface area contributed by atoms with E-state index >= 15 is 0 Å². The highest BCUT2D eigenvalue weighted by Crippen LogP contribution is 2.20. The van der Waals surface area contributed by atoms with E-state index in [1.165, 1.54) is 0 Å².